The highest BCUT2D eigenvalue weighted by atomic mass is 16.5. The Kier molecular flexibility index (Phi) is 4.40. The van der Waals surface area contributed by atoms with Gasteiger partial charge in [0.2, 0.25) is 0 Å². The summed E-state index contributed by atoms with van der Waals surface area (Å²) < 4.78 is 5.32. The van der Waals surface area contributed by atoms with Crippen molar-refractivity contribution in [1.82, 2.24) is 0 Å². The minimum atomic E-state index is -0.609. The number of primary amides is 1. The number of nitrogen functional groups attached to an aromatic ring is 1. The highest BCUT2D eigenvalue weighted by Crippen LogP contribution is 2.17. The van der Waals surface area contributed by atoms with Crippen molar-refractivity contribution in [2.45, 2.75) is 0 Å². The Morgan fingerprint density at radius 1 is 1.10 bits per heavy atom. The van der Waals surface area contributed by atoms with E-state index in [2.05, 4.69) is 5.32 Å². The summed E-state index contributed by atoms with van der Waals surface area (Å²) in [5.74, 6) is -0.700. The van der Waals surface area contributed by atoms with Crippen LogP contribution < -0.4 is 21.5 Å². The molecule has 0 aliphatic heterocycles. The normalized spacial score (nSPS) is 9.90. The van der Waals surface area contributed by atoms with Gasteiger partial charge < -0.3 is 21.5 Å². The molecule has 2 rings (SSSR count). The molecular weight excluding hydrogens is 270 g/mol. The first-order chi connectivity index (χ1) is 10.1. The summed E-state index contributed by atoms with van der Waals surface area (Å²) in [4.78, 5) is 23.0. The maximum Gasteiger partial charge on any atom is 0.262 e. The van der Waals surface area contributed by atoms with Gasteiger partial charge in [0.15, 0.2) is 6.61 Å². The van der Waals surface area contributed by atoms with Gasteiger partial charge in [-0.2, -0.15) is 0 Å². The number of nitrogens with one attached hydrogen (secondary N) is 1. The van der Waals surface area contributed by atoms with E-state index in [1.807, 2.05) is 0 Å². The van der Waals surface area contributed by atoms with E-state index in [4.69, 9.17) is 16.2 Å². The number of hydrogen-bond donors (Lipinski definition) is 3. The van der Waals surface area contributed by atoms with Crippen LogP contribution in [0, 0.1) is 0 Å². The molecule has 0 spiro atoms. The third-order valence-electron chi connectivity index (χ3n) is 2.68. The molecule has 0 heterocycles. The standard InChI is InChI=1S/C15H15N3O3/c16-10-4-3-5-11(8-10)18-14(19)9-21-13-7-2-1-6-12(13)15(17)20/h1-8H,9,16H2,(H2,17,20)(H,18,19). The van der Waals surface area contributed by atoms with E-state index in [0.29, 0.717) is 11.4 Å². The number of hydrogen-bond acceptors (Lipinski definition) is 4. The smallest absolute Gasteiger partial charge is 0.262 e. The van der Waals surface area contributed by atoms with Gasteiger partial charge in [-0.25, -0.2) is 0 Å². The van der Waals surface area contributed by atoms with Gasteiger partial charge >= 0.3 is 0 Å². The van der Waals surface area contributed by atoms with Gasteiger partial charge in [0.1, 0.15) is 5.75 Å². The fourth-order valence-electron chi connectivity index (χ4n) is 1.75. The van der Waals surface area contributed by atoms with E-state index < -0.39 is 5.91 Å². The van der Waals surface area contributed by atoms with Crippen LogP contribution in [0.4, 0.5) is 11.4 Å². The predicted octanol–water partition coefficient (Wildman–Crippen LogP) is 1.39. The monoisotopic (exact) mass is 285 g/mol. The second-order valence-corrected chi connectivity index (χ2v) is 4.32. The molecule has 5 N–H and O–H groups in total. The molecule has 0 saturated carbocycles. The Morgan fingerprint density at radius 3 is 2.57 bits per heavy atom. The lowest BCUT2D eigenvalue weighted by atomic mass is 10.2. The molecule has 0 aliphatic carbocycles. The van der Waals surface area contributed by atoms with Crippen molar-refractivity contribution in [2.24, 2.45) is 5.73 Å². The molecule has 0 radical (unpaired) electrons. The fourth-order valence-corrected chi connectivity index (χ4v) is 1.75. The van der Waals surface area contributed by atoms with Gasteiger partial charge in [-0.05, 0) is 30.3 Å². The van der Waals surface area contributed by atoms with Crippen LogP contribution in [0.3, 0.4) is 0 Å². The molecule has 108 valence electrons. The number of carbonyl (C=O) groups excluding carboxylic acids is 2. The van der Waals surface area contributed by atoms with Crippen LogP contribution in [0.5, 0.6) is 5.75 Å². The summed E-state index contributed by atoms with van der Waals surface area (Å²) in [5, 5.41) is 2.64. The van der Waals surface area contributed by atoms with E-state index in [1.165, 1.54) is 6.07 Å². The molecular formula is C15H15N3O3. The number of rotatable bonds is 5. The lowest BCUT2D eigenvalue weighted by Gasteiger charge is -2.10. The van der Waals surface area contributed by atoms with Crippen molar-refractivity contribution >= 4 is 23.2 Å². The second-order valence-electron chi connectivity index (χ2n) is 4.32. The van der Waals surface area contributed by atoms with Crippen molar-refractivity contribution in [2.75, 3.05) is 17.7 Å². The van der Waals surface area contributed by atoms with Crippen LogP contribution >= 0.6 is 0 Å². The summed E-state index contributed by atoms with van der Waals surface area (Å²) in [7, 11) is 0. The van der Waals surface area contributed by atoms with Crippen molar-refractivity contribution in [3.8, 4) is 5.75 Å². The molecule has 2 aromatic rings. The van der Waals surface area contributed by atoms with Crippen LogP contribution in [0.25, 0.3) is 0 Å². The molecule has 0 atom stereocenters. The summed E-state index contributed by atoms with van der Waals surface area (Å²) in [6.07, 6.45) is 0. The number of anilines is 2. The van der Waals surface area contributed by atoms with E-state index in [0.717, 1.165) is 0 Å². The van der Waals surface area contributed by atoms with Crippen LogP contribution in [-0.4, -0.2) is 18.4 Å². The average molecular weight is 285 g/mol. The lowest BCUT2D eigenvalue weighted by Crippen LogP contribution is -2.21. The maximum absolute atomic E-state index is 11.8. The molecule has 6 heteroatoms. The number of amides is 2. The van der Waals surface area contributed by atoms with Crippen LogP contribution in [0.1, 0.15) is 10.4 Å². The summed E-state index contributed by atoms with van der Waals surface area (Å²) in [6.45, 7) is -0.237. The largest absolute Gasteiger partial charge is 0.483 e. The molecule has 2 aromatic carbocycles. The third kappa shape index (κ3) is 3.97. The number of benzene rings is 2. The van der Waals surface area contributed by atoms with E-state index in [-0.39, 0.29) is 23.8 Å². The lowest BCUT2D eigenvalue weighted by molar-refractivity contribution is -0.118. The summed E-state index contributed by atoms with van der Waals surface area (Å²) in [6, 6.07) is 13.3. The summed E-state index contributed by atoms with van der Waals surface area (Å²) >= 11 is 0. The zero-order valence-electron chi connectivity index (χ0n) is 11.2. The van der Waals surface area contributed by atoms with Crippen molar-refractivity contribution in [3.63, 3.8) is 0 Å². The van der Waals surface area contributed by atoms with E-state index in [1.54, 1.807) is 42.5 Å². The quantitative estimate of drug-likeness (QED) is 0.721. The van der Waals surface area contributed by atoms with Gasteiger partial charge in [-0.15, -0.1) is 0 Å². The number of nitrogens with two attached hydrogens (primary N) is 2. The zero-order valence-corrected chi connectivity index (χ0v) is 11.2. The average Bonchev–Trinajstić information content (AvgIpc) is 2.45. The SMILES string of the molecule is NC(=O)c1ccccc1OCC(=O)Nc1cccc(N)c1. The Bertz CT molecular complexity index is 671. The van der Waals surface area contributed by atoms with Crippen molar-refractivity contribution in [3.05, 3.63) is 54.1 Å². The second kappa shape index (κ2) is 6.42. The van der Waals surface area contributed by atoms with Gasteiger partial charge in [0, 0.05) is 11.4 Å². The van der Waals surface area contributed by atoms with Gasteiger partial charge in [0.25, 0.3) is 11.8 Å². The maximum atomic E-state index is 11.8. The van der Waals surface area contributed by atoms with Crippen LogP contribution in [-0.2, 0) is 4.79 Å². The number of carbonyl (C=O) groups is 2. The topological polar surface area (TPSA) is 107 Å². The summed E-state index contributed by atoms with van der Waals surface area (Å²) in [5.41, 5.74) is 12.2. The Balaban J connectivity index is 1.97. The predicted molar refractivity (Wildman–Crippen MR) is 79.9 cm³/mol. The van der Waals surface area contributed by atoms with Gasteiger partial charge in [0.05, 0.1) is 5.56 Å². The molecule has 2 amide bonds. The highest BCUT2D eigenvalue weighted by Gasteiger charge is 2.10. The molecule has 0 unspecified atom stereocenters. The molecule has 0 aliphatic rings. The van der Waals surface area contributed by atoms with Crippen molar-refractivity contribution < 1.29 is 14.3 Å². The molecule has 0 aromatic heterocycles. The minimum absolute atomic E-state index is 0.231. The number of ether oxygens (including phenoxy) is 1. The fraction of sp³-hybridized carbons (Fsp3) is 0.0667. The van der Waals surface area contributed by atoms with E-state index in [9.17, 15) is 9.59 Å². The Labute approximate surface area is 121 Å². The molecule has 6 nitrogen and oxygen atoms in total. The minimum Gasteiger partial charge on any atom is -0.483 e. The van der Waals surface area contributed by atoms with E-state index >= 15 is 0 Å². The molecule has 0 fully saturated rings. The van der Waals surface area contributed by atoms with Crippen LogP contribution in [0.15, 0.2) is 48.5 Å². The first kappa shape index (κ1) is 14.4. The molecule has 0 saturated heterocycles. The molecule has 0 bridgehead atoms. The first-order valence-electron chi connectivity index (χ1n) is 6.23. The Morgan fingerprint density at radius 2 is 1.86 bits per heavy atom. The highest BCUT2D eigenvalue weighted by molar-refractivity contribution is 5.96. The zero-order chi connectivity index (χ0) is 15.2. The van der Waals surface area contributed by atoms with Gasteiger partial charge in [-0.1, -0.05) is 18.2 Å². The van der Waals surface area contributed by atoms with Gasteiger partial charge in [-0.3, -0.25) is 9.59 Å². The van der Waals surface area contributed by atoms with Crippen molar-refractivity contribution in [1.29, 1.82) is 0 Å². The number of para-hydroxylation sites is 1. The molecule has 21 heavy (non-hydrogen) atoms. The first-order valence-corrected chi connectivity index (χ1v) is 6.23. The Hall–Kier alpha value is -3.02. The van der Waals surface area contributed by atoms with Crippen LogP contribution in [0.2, 0.25) is 0 Å². The third-order valence-corrected chi connectivity index (χ3v) is 2.68.